The zero-order valence-electron chi connectivity index (χ0n) is 14.6. The van der Waals surface area contributed by atoms with E-state index in [1.807, 2.05) is 57.2 Å². The molecular formula is C21H25BO2. The number of hydrogen-bond donors (Lipinski definition) is 2. The predicted molar refractivity (Wildman–Crippen MR) is 106 cm³/mol. The van der Waals surface area contributed by atoms with E-state index in [9.17, 15) is 10.0 Å². The minimum absolute atomic E-state index is 0.490. The van der Waals surface area contributed by atoms with Crippen LogP contribution in [-0.2, 0) is 0 Å². The molecule has 2 rings (SSSR count). The first-order valence-corrected chi connectivity index (χ1v) is 8.18. The zero-order valence-corrected chi connectivity index (χ0v) is 14.6. The van der Waals surface area contributed by atoms with Crippen molar-refractivity contribution in [2.24, 2.45) is 0 Å². The summed E-state index contributed by atoms with van der Waals surface area (Å²) < 4.78 is 0. The molecule has 0 saturated heterocycles. The summed E-state index contributed by atoms with van der Waals surface area (Å²) in [5.74, 6) is 0. The molecule has 0 bridgehead atoms. The summed E-state index contributed by atoms with van der Waals surface area (Å²) in [5.41, 5.74) is 4.74. The minimum atomic E-state index is -1.45. The van der Waals surface area contributed by atoms with E-state index in [-0.39, 0.29) is 0 Å². The van der Waals surface area contributed by atoms with Crippen LogP contribution in [0.25, 0.3) is 16.7 Å². The highest BCUT2D eigenvalue weighted by Crippen LogP contribution is 2.22. The Labute approximate surface area is 145 Å². The average molecular weight is 320 g/mol. The number of hydrogen-bond acceptors (Lipinski definition) is 2. The standard InChI is InChI=1S/C19H19BO2.C2H6/c1-3-5-7-15(4-2)16-10-12-17(13-11-16)18-8-6-9-19(14-18)20(21)22;1-2/h3-14,21-22H,1H2,2H3;1-2H3/b7-5-,15-4+;. The third-order valence-corrected chi connectivity index (χ3v) is 3.46. The lowest BCUT2D eigenvalue weighted by Gasteiger charge is -2.07. The van der Waals surface area contributed by atoms with E-state index in [2.05, 4.69) is 24.8 Å². The van der Waals surface area contributed by atoms with Gasteiger partial charge in [0.05, 0.1) is 0 Å². The molecule has 2 aromatic rings. The molecular weight excluding hydrogens is 295 g/mol. The van der Waals surface area contributed by atoms with Gasteiger partial charge in [-0.2, -0.15) is 0 Å². The highest BCUT2D eigenvalue weighted by atomic mass is 16.4. The molecule has 0 radical (unpaired) electrons. The van der Waals surface area contributed by atoms with E-state index >= 15 is 0 Å². The summed E-state index contributed by atoms with van der Waals surface area (Å²) in [4.78, 5) is 0. The summed E-state index contributed by atoms with van der Waals surface area (Å²) in [7, 11) is -1.45. The van der Waals surface area contributed by atoms with Gasteiger partial charge in [0.2, 0.25) is 0 Å². The molecule has 0 amide bonds. The van der Waals surface area contributed by atoms with Gasteiger partial charge in [0.15, 0.2) is 0 Å². The van der Waals surface area contributed by atoms with Crippen LogP contribution in [0.15, 0.2) is 79.4 Å². The van der Waals surface area contributed by atoms with Crippen molar-refractivity contribution in [3.8, 4) is 11.1 Å². The molecule has 0 spiro atoms. The highest BCUT2D eigenvalue weighted by Gasteiger charge is 2.11. The molecule has 0 heterocycles. The van der Waals surface area contributed by atoms with Gasteiger partial charge in [-0.15, -0.1) is 0 Å². The van der Waals surface area contributed by atoms with Gasteiger partial charge in [-0.1, -0.05) is 93.3 Å². The van der Waals surface area contributed by atoms with Crippen molar-refractivity contribution in [3.63, 3.8) is 0 Å². The van der Waals surface area contributed by atoms with Crippen LogP contribution in [0.1, 0.15) is 26.3 Å². The lowest BCUT2D eigenvalue weighted by Crippen LogP contribution is -2.29. The molecule has 0 atom stereocenters. The van der Waals surface area contributed by atoms with Crippen molar-refractivity contribution >= 4 is 18.2 Å². The Hall–Kier alpha value is -2.36. The molecule has 3 heteroatoms. The number of benzene rings is 2. The van der Waals surface area contributed by atoms with Crippen LogP contribution in [0.3, 0.4) is 0 Å². The van der Waals surface area contributed by atoms with Crippen LogP contribution in [0.4, 0.5) is 0 Å². The van der Waals surface area contributed by atoms with Crippen LogP contribution in [0.5, 0.6) is 0 Å². The quantitative estimate of drug-likeness (QED) is 0.640. The van der Waals surface area contributed by atoms with Gasteiger partial charge in [-0.3, -0.25) is 0 Å². The third kappa shape index (κ3) is 5.37. The summed E-state index contributed by atoms with van der Waals surface area (Å²) in [5, 5.41) is 18.5. The first-order chi connectivity index (χ1) is 11.7. The molecule has 0 aliphatic rings. The fraction of sp³-hybridized carbons (Fsp3) is 0.143. The topological polar surface area (TPSA) is 40.5 Å². The Balaban J connectivity index is 0.00000139. The van der Waals surface area contributed by atoms with Crippen LogP contribution < -0.4 is 5.46 Å². The van der Waals surface area contributed by atoms with E-state index in [0.29, 0.717) is 5.46 Å². The summed E-state index contributed by atoms with van der Waals surface area (Å²) in [6.45, 7) is 9.68. The minimum Gasteiger partial charge on any atom is -0.423 e. The molecule has 2 nitrogen and oxygen atoms in total. The summed E-state index contributed by atoms with van der Waals surface area (Å²) in [6.07, 6.45) is 7.74. The molecule has 0 aliphatic heterocycles. The smallest absolute Gasteiger partial charge is 0.423 e. The monoisotopic (exact) mass is 320 g/mol. The van der Waals surface area contributed by atoms with Crippen molar-refractivity contribution in [1.82, 2.24) is 0 Å². The van der Waals surface area contributed by atoms with Gasteiger partial charge in [0.25, 0.3) is 0 Å². The zero-order chi connectivity index (χ0) is 17.9. The van der Waals surface area contributed by atoms with Gasteiger partial charge >= 0.3 is 7.12 Å². The lowest BCUT2D eigenvalue weighted by atomic mass is 9.79. The van der Waals surface area contributed by atoms with Crippen molar-refractivity contribution in [2.75, 3.05) is 0 Å². The van der Waals surface area contributed by atoms with E-state index in [0.717, 1.165) is 22.3 Å². The van der Waals surface area contributed by atoms with Gasteiger partial charge in [-0.25, -0.2) is 0 Å². The summed E-state index contributed by atoms with van der Waals surface area (Å²) >= 11 is 0. The molecule has 24 heavy (non-hydrogen) atoms. The van der Waals surface area contributed by atoms with Gasteiger partial charge in [0, 0.05) is 0 Å². The van der Waals surface area contributed by atoms with Crippen molar-refractivity contribution < 1.29 is 10.0 Å². The van der Waals surface area contributed by atoms with Crippen LogP contribution >= 0.6 is 0 Å². The fourth-order valence-electron chi connectivity index (χ4n) is 2.26. The SMILES string of the molecule is C=C/C=C\C(=C/C)c1ccc(-c2cccc(B(O)O)c2)cc1.CC. The molecule has 2 aromatic carbocycles. The normalized spacial score (nSPS) is 11.0. The Kier molecular flexibility index (Phi) is 8.55. The average Bonchev–Trinajstić information content (AvgIpc) is 2.64. The third-order valence-electron chi connectivity index (χ3n) is 3.46. The second-order valence-corrected chi connectivity index (χ2v) is 4.92. The Morgan fingerprint density at radius 2 is 1.67 bits per heavy atom. The molecule has 0 aromatic heterocycles. The fourth-order valence-corrected chi connectivity index (χ4v) is 2.26. The second kappa shape index (κ2) is 10.4. The van der Waals surface area contributed by atoms with E-state index in [4.69, 9.17) is 0 Å². The Morgan fingerprint density at radius 3 is 2.21 bits per heavy atom. The van der Waals surface area contributed by atoms with Crippen LogP contribution in [0, 0.1) is 0 Å². The number of rotatable bonds is 5. The first kappa shape index (κ1) is 19.7. The van der Waals surface area contributed by atoms with Gasteiger partial charge < -0.3 is 10.0 Å². The maximum Gasteiger partial charge on any atom is 0.488 e. The second-order valence-electron chi connectivity index (χ2n) is 4.92. The van der Waals surface area contributed by atoms with E-state index in [1.165, 1.54) is 0 Å². The Morgan fingerprint density at radius 1 is 1.00 bits per heavy atom. The van der Waals surface area contributed by atoms with Crippen molar-refractivity contribution in [1.29, 1.82) is 0 Å². The molecule has 124 valence electrons. The maximum atomic E-state index is 9.26. The van der Waals surface area contributed by atoms with Gasteiger partial charge in [-0.05, 0) is 34.6 Å². The van der Waals surface area contributed by atoms with Crippen molar-refractivity contribution in [2.45, 2.75) is 20.8 Å². The highest BCUT2D eigenvalue weighted by molar-refractivity contribution is 6.58. The van der Waals surface area contributed by atoms with Crippen LogP contribution in [0.2, 0.25) is 0 Å². The molecule has 0 aliphatic carbocycles. The maximum absolute atomic E-state index is 9.26. The van der Waals surface area contributed by atoms with Gasteiger partial charge in [0.1, 0.15) is 0 Å². The van der Waals surface area contributed by atoms with Crippen molar-refractivity contribution in [3.05, 3.63) is 85.0 Å². The molecule has 0 fully saturated rings. The Bertz CT molecular complexity index is 698. The predicted octanol–water partition coefficient (Wildman–Crippen LogP) is 4.21. The van der Waals surface area contributed by atoms with E-state index < -0.39 is 7.12 Å². The number of allylic oxidation sites excluding steroid dienone is 5. The molecule has 2 N–H and O–H groups in total. The largest absolute Gasteiger partial charge is 0.488 e. The molecule has 0 unspecified atom stereocenters. The first-order valence-electron chi connectivity index (χ1n) is 8.18. The molecule has 0 saturated carbocycles. The lowest BCUT2D eigenvalue weighted by molar-refractivity contribution is 0.426. The van der Waals surface area contributed by atoms with E-state index in [1.54, 1.807) is 18.2 Å². The summed E-state index contributed by atoms with van der Waals surface area (Å²) in [6, 6.07) is 15.4. The van der Waals surface area contributed by atoms with Crippen LogP contribution in [-0.4, -0.2) is 17.2 Å².